The van der Waals surface area contributed by atoms with E-state index in [0.717, 1.165) is 29.7 Å². The average Bonchev–Trinajstić information content (AvgIpc) is 2.46. The van der Waals surface area contributed by atoms with E-state index in [1.165, 1.54) is 57.1 Å². The van der Waals surface area contributed by atoms with Gasteiger partial charge < -0.3 is 5.32 Å². The minimum Gasteiger partial charge on any atom is -0.313 e. The molecule has 2 fully saturated rings. The fourth-order valence-corrected chi connectivity index (χ4v) is 5.57. The van der Waals surface area contributed by atoms with Crippen molar-refractivity contribution in [1.82, 2.24) is 5.32 Å². The summed E-state index contributed by atoms with van der Waals surface area (Å²) in [6.07, 6.45) is 11.7. The summed E-state index contributed by atoms with van der Waals surface area (Å²) in [5, 5.41) is 4.76. The van der Waals surface area contributed by atoms with E-state index in [0.29, 0.717) is 0 Å². The SMILES string of the molecule is CCNC(C1CCCCS1)C1CCCCC1CC. The van der Waals surface area contributed by atoms with Crippen molar-refractivity contribution >= 4 is 11.8 Å². The van der Waals surface area contributed by atoms with E-state index < -0.39 is 0 Å². The van der Waals surface area contributed by atoms with Crippen LogP contribution in [0.2, 0.25) is 0 Å². The Hall–Kier alpha value is 0.310. The van der Waals surface area contributed by atoms with Gasteiger partial charge in [-0.3, -0.25) is 0 Å². The van der Waals surface area contributed by atoms with Crippen LogP contribution in [0.3, 0.4) is 0 Å². The minimum atomic E-state index is 0.797. The highest BCUT2D eigenvalue weighted by Gasteiger charge is 2.35. The summed E-state index contributed by atoms with van der Waals surface area (Å²) in [5.41, 5.74) is 0. The summed E-state index contributed by atoms with van der Waals surface area (Å²) in [4.78, 5) is 0. The number of nitrogens with one attached hydrogen (secondary N) is 1. The van der Waals surface area contributed by atoms with Crippen LogP contribution in [0.4, 0.5) is 0 Å². The quantitative estimate of drug-likeness (QED) is 0.790. The van der Waals surface area contributed by atoms with Gasteiger partial charge in [-0.2, -0.15) is 11.8 Å². The van der Waals surface area contributed by atoms with Crippen LogP contribution in [0.1, 0.15) is 65.2 Å². The standard InChI is InChI=1S/C16H31NS/c1-3-13-9-5-6-10-14(13)16(17-4-2)15-11-7-8-12-18-15/h13-17H,3-12H2,1-2H3. The van der Waals surface area contributed by atoms with Crippen LogP contribution in [-0.4, -0.2) is 23.6 Å². The molecule has 2 rings (SSSR count). The van der Waals surface area contributed by atoms with Gasteiger partial charge in [-0.25, -0.2) is 0 Å². The van der Waals surface area contributed by atoms with Crippen molar-refractivity contribution in [2.45, 2.75) is 76.5 Å². The lowest BCUT2D eigenvalue weighted by Crippen LogP contribution is -2.48. The minimum absolute atomic E-state index is 0.797. The van der Waals surface area contributed by atoms with Crippen LogP contribution >= 0.6 is 11.8 Å². The third kappa shape index (κ3) is 3.66. The molecule has 0 spiro atoms. The zero-order chi connectivity index (χ0) is 12.8. The van der Waals surface area contributed by atoms with Gasteiger partial charge in [0.25, 0.3) is 0 Å². The Labute approximate surface area is 118 Å². The molecular weight excluding hydrogens is 238 g/mol. The smallest absolute Gasteiger partial charge is 0.0217 e. The first-order valence-electron chi connectivity index (χ1n) is 8.21. The summed E-state index contributed by atoms with van der Waals surface area (Å²) in [6.45, 7) is 5.83. The van der Waals surface area contributed by atoms with E-state index >= 15 is 0 Å². The predicted molar refractivity (Wildman–Crippen MR) is 83.3 cm³/mol. The van der Waals surface area contributed by atoms with E-state index in [2.05, 4.69) is 30.9 Å². The average molecular weight is 269 g/mol. The molecule has 2 heteroatoms. The highest BCUT2D eigenvalue weighted by Crippen LogP contribution is 2.39. The molecule has 1 heterocycles. The fourth-order valence-electron chi connectivity index (χ4n) is 4.06. The molecule has 106 valence electrons. The van der Waals surface area contributed by atoms with Gasteiger partial charge >= 0.3 is 0 Å². The maximum Gasteiger partial charge on any atom is 0.0217 e. The van der Waals surface area contributed by atoms with Crippen molar-refractivity contribution in [2.24, 2.45) is 11.8 Å². The molecule has 1 saturated carbocycles. The molecule has 4 atom stereocenters. The maximum absolute atomic E-state index is 3.87. The highest BCUT2D eigenvalue weighted by atomic mass is 32.2. The van der Waals surface area contributed by atoms with Gasteiger partial charge in [-0.15, -0.1) is 0 Å². The molecule has 1 saturated heterocycles. The molecule has 4 unspecified atom stereocenters. The topological polar surface area (TPSA) is 12.0 Å². The van der Waals surface area contributed by atoms with E-state index in [1.54, 1.807) is 0 Å². The van der Waals surface area contributed by atoms with Crippen LogP contribution in [0.25, 0.3) is 0 Å². The molecule has 0 aromatic heterocycles. The lowest BCUT2D eigenvalue weighted by Gasteiger charge is -2.42. The summed E-state index contributed by atoms with van der Waals surface area (Å²) in [7, 11) is 0. The van der Waals surface area contributed by atoms with Crippen molar-refractivity contribution in [3.8, 4) is 0 Å². The maximum atomic E-state index is 3.87. The van der Waals surface area contributed by atoms with Gasteiger partial charge in [0.1, 0.15) is 0 Å². The van der Waals surface area contributed by atoms with Gasteiger partial charge in [0.05, 0.1) is 0 Å². The monoisotopic (exact) mass is 269 g/mol. The van der Waals surface area contributed by atoms with Crippen molar-refractivity contribution in [2.75, 3.05) is 12.3 Å². The number of rotatable bonds is 5. The van der Waals surface area contributed by atoms with Gasteiger partial charge in [0, 0.05) is 11.3 Å². The Kier molecular flexibility index (Phi) is 6.37. The van der Waals surface area contributed by atoms with Gasteiger partial charge in [-0.05, 0) is 43.4 Å². The van der Waals surface area contributed by atoms with E-state index in [9.17, 15) is 0 Å². The third-order valence-corrected chi connectivity index (χ3v) is 6.49. The zero-order valence-electron chi connectivity index (χ0n) is 12.3. The first-order chi connectivity index (χ1) is 8.86. The zero-order valence-corrected chi connectivity index (χ0v) is 13.1. The Morgan fingerprint density at radius 3 is 2.50 bits per heavy atom. The molecule has 1 N–H and O–H groups in total. The molecular formula is C16H31NS. The molecule has 0 aromatic carbocycles. The van der Waals surface area contributed by atoms with Gasteiger partial charge in [-0.1, -0.05) is 46.0 Å². The van der Waals surface area contributed by atoms with Crippen LogP contribution in [0, 0.1) is 11.8 Å². The normalized spacial score (nSPS) is 35.3. The van der Waals surface area contributed by atoms with Crippen LogP contribution < -0.4 is 5.32 Å². The third-order valence-electron chi connectivity index (χ3n) is 5.01. The molecule has 0 radical (unpaired) electrons. The fraction of sp³-hybridized carbons (Fsp3) is 1.00. The Balaban J connectivity index is 2.01. The summed E-state index contributed by atoms with van der Waals surface area (Å²) in [5.74, 6) is 3.35. The molecule has 0 bridgehead atoms. The number of hydrogen-bond donors (Lipinski definition) is 1. The molecule has 18 heavy (non-hydrogen) atoms. The molecule has 2 aliphatic rings. The second kappa shape index (κ2) is 7.79. The molecule has 1 aliphatic carbocycles. The largest absolute Gasteiger partial charge is 0.313 e. The van der Waals surface area contributed by atoms with Crippen molar-refractivity contribution in [3.05, 3.63) is 0 Å². The second-order valence-corrected chi connectivity index (χ2v) is 7.45. The number of thioether (sulfide) groups is 1. The molecule has 1 aliphatic heterocycles. The van der Waals surface area contributed by atoms with Crippen LogP contribution in [0.5, 0.6) is 0 Å². The van der Waals surface area contributed by atoms with Gasteiger partial charge in [0.15, 0.2) is 0 Å². The van der Waals surface area contributed by atoms with Crippen molar-refractivity contribution in [1.29, 1.82) is 0 Å². The second-order valence-electron chi connectivity index (χ2n) is 6.11. The van der Waals surface area contributed by atoms with E-state index in [4.69, 9.17) is 0 Å². The highest BCUT2D eigenvalue weighted by molar-refractivity contribution is 8.00. The van der Waals surface area contributed by atoms with Gasteiger partial charge in [0.2, 0.25) is 0 Å². The molecule has 0 aromatic rings. The molecule has 0 amide bonds. The number of hydrogen-bond acceptors (Lipinski definition) is 2. The Morgan fingerprint density at radius 2 is 1.83 bits per heavy atom. The van der Waals surface area contributed by atoms with E-state index in [1.807, 2.05) is 0 Å². The first kappa shape index (κ1) is 14.7. The lowest BCUT2D eigenvalue weighted by molar-refractivity contribution is 0.170. The predicted octanol–water partition coefficient (Wildman–Crippen LogP) is 4.47. The summed E-state index contributed by atoms with van der Waals surface area (Å²) in [6, 6.07) is 0.797. The van der Waals surface area contributed by atoms with Crippen molar-refractivity contribution in [3.63, 3.8) is 0 Å². The Bertz CT molecular complexity index is 225. The summed E-state index contributed by atoms with van der Waals surface area (Å²) >= 11 is 2.25. The summed E-state index contributed by atoms with van der Waals surface area (Å²) < 4.78 is 0. The van der Waals surface area contributed by atoms with Crippen LogP contribution in [0.15, 0.2) is 0 Å². The van der Waals surface area contributed by atoms with Crippen molar-refractivity contribution < 1.29 is 0 Å². The molecule has 1 nitrogen and oxygen atoms in total. The first-order valence-corrected chi connectivity index (χ1v) is 9.26. The Morgan fingerprint density at radius 1 is 1.06 bits per heavy atom. The van der Waals surface area contributed by atoms with E-state index in [-0.39, 0.29) is 0 Å². The van der Waals surface area contributed by atoms with Crippen LogP contribution in [-0.2, 0) is 0 Å². The lowest BCUT2D eigenvalue weighted by atomic mass is 9.72.